The Bertz CT molecular complexity index is 1320. The van der Waals surface area contributed by atoms with Crippen LogP contribution in [0.2, 0.25) is 5.28 Å². The molecule has 0 spiro atoms. The fraction of sp³-hybridized carbons (Fsp3) is 0.519. The summed E-state index contributed by atoms with van der Waals surface area (Å²) in [7, 11) is 0. The van der Waals surface area contributed by atoms with Crippen molar-refractivity contribution in [2.24, 2.45) is 0 Å². The number of pyridine rings is 1. The highest BCUT2D eigenvalue weighted by Crippen LogP contribution is 2.29. The number of anilines is 1. The molecule has 0 aromatic carbocycles. The maximum absolute atomic E-state index is 14.6. The van der Waals surface area contributed by atoms with Crippen molar-refractivity contribution in [1.82, 2.24) is 24.9 Å². The lowest BCUT2D eigenvalue weighted by Crippen LogP contribution is -2.44. The first-order valence-corrected chi connectivity index (χ1v) is 13.0. The van der Waals surface area contributed by atoms with Crippen LogP contribution in [0.3, 0.4) is 0 Å². The number of carbonyl (C=O) groups is 2. The molecule has 3 rings (SSSR count). The van der Waals surface area contributed by atoms with Crippen LogP contribution in [-0.2, 0) is 22.4 Å². The third-order valence-electron chi connectivity index (χ3n) is 5.59. The molecule has 0 unspecified atom stereocenters. The molecule has 1 N–H and O–H groups in total. The van der Waals surface area contributed by atoms with Gasteiger partial charge in [0.2, 0.25) is 5.28 Å². The highest BCUT2D eigenvalue weighted by molar-refractivity contribution is 6.28. The second-order valence-corrected chi connectivity index (χ2v) is 11.7. The molecule has 2 amide bonds. The minimum Gasteiger partial charge on any atom is -0.444 e. The van der Waals surface area contributed by atoms with Gasteiger partial charge in [0.1, 0.15) is 22.9 Å². The van der Waals surface area contributed by atoms with Crippen LogP contribution >= 0.6 is 11.6 Å². The van der Waals surface area contributed by atoms with Crippen molar-refractivity contribution in [2.75, 3.05) is 4.90 Å². The molecule has 0 fully saturated rings. The van der Waals surface area contributed by atoms with Crippen molar-refractivity contribution in [3.05, 3.63) is 52.7 Å². The smallest absolute Gasteiger partial charge is 0.416 e. The van der Waals surface area contributed by atoms with Crippen molar-refractivity contribution < 1.29 is 23.5 Å². The monoisotopic (exact) mass is 562 g/mol. The standard InChI is InChI=1S/C27H36ClFN6O4/c1-16(29)20(31-24(36)38-26(3,4)5)13-19-14-21-22(32-23(28)33-35(21)17(19)2)34(25(37)39-27(6,7)8)15-18-9-11-30-12-10-18/h9-12,14,16,20H,13,15H2,1-8H3,(H,31,36)/t16-,20+/m0/s1. The molecular weight excluding hydrogens is 527 g/mol. The third kappa shape index (κ3) is 8.26. The molecule has 3 aromatic heterocycles. The number of hydrogen-bond donors (Lipinski definition) is 1. The van der Waals surface area contributed by atoms with Crippen LogP contribution in [0.4, 0.5) is 19.8 Å². The zero-order valence-corrected chi connectivity index (χ0v) is 24.3. The average molecular weight is 563 g/mol. The van der Waals surface area contributed by atoms with Crippen molar-refractivity contribution in [3.8, 4) is 0 Å². The minimum atomic E-state index is -1.38. The minimum absolute atomic E-state index is 0.0895. The van der Waals surface area contributed by atoms with Crippen molar-refractivity contribution in [2.45, 2.75) is 91.8 Å². The number of nitrogens with zero attached hydrogens (tertiary/aromatic N) is 5. The maximum Gasteiger partial charge on any atom is 0.416 e. The zero-order valence-electron chi connectivity index (χ0n) is 23.6. The van der Waals surface area contributed by atoms with Gasteiger partial charge in [0.05, 0.1) is 12.6 Å². The van der Waals surface area contributed by atoms with Crippen LogP contribution in [-0.4, -0.2) is 55.2 Å². The fourth-order valence-electron chi connectivity index (χ4n) is 3.83. The van der Waals surface area contributed by atoms with Crippen LogP contribution in [0.5, 0.6) is 0 Å². The Morgan fingerprint density at radius 1 is 1.13 bits per heavy atom. The molecule has 2 atom stereocenters. The number of rotatable bonds is 7. The van der Waals surface area contributed by atoms with E-state index >= 15 is 0 Å². The maximum atomic E-state index is 14.6. The van der Waals surface area contributed by atoms with E-state index in [9.17, 15) is 14.0 Å². The van der Waals surface area contributed by atoms with Crippen LogP contribution in [0, 0.1) is 6.92 Å². The van der Waals surface area contributed by atoms with Gasteiger partial charge in [-0.3, -0.25) is 9.88 Å². The van der Waals surface area contributed by atoms with E-state index in [4.69, 9.17) is 21.1 Å². The Hall–Kier alpha value is -3.47. The molecule has 39 heavy (non-hydrogen) atoms. The molecule has 12 heteroatoms. The Balaban J connectivity index is 2.05. The summed E-state index contributed by atoms with van der Waals surface area (Å²) in [6.45, 7) is 13.8. The van der Waals surface area contributed by atoms with Crippen molar-refractivity contribution in [1.29, 1.82) is 0 Å². The van der Waals surface area contributed by atoms with E-state index in [0.717, 1.165) is 5.56 Å². The van der Waals surface area contributed by atoms with Gasteiger partial charge in [0.25, 0.3) is 0 Å². The number of amides is 2. The topological polar surface area (TPSA) is 111 Å². The Morgan fingerprint density at radius 2 is 1.74 bits per heavy atom. The Labute approximate surface area is 232 Å². The fourth-order valence-corrected chi connectivity index (χ4v) is 3.98. The van der Waals surface area contributed by atoms with Gasteiger partial charge >= 0.3 is 12.2 Å². The van der Waals surface area contributed by atoms with Gasteiger partial charge < -0.3 is 14.8 Å². The van der Waals surface area contributed by atoms with Gasteiger partial charge in [0, 0.05) is 18.1 Å². The van der Waals surface area contributed by atoms with Gasteiger partial charge in [-0.2, -0.15) is 4.98 Å². The summed E-state index contributed by atoms with van der Waals surface area (Å²) in [5.74, 6) is 0.223. The highest BCUT2D eigenvalue weighted by atomic mass is 35.5. The predicted octanol–water partition coefficient (Wildman–Crippen LogP) is 5.82. The summed E-state index contributed by atoms with van der Waals surface area (Å²) in [6.07, 6.45) is 0.675. The molecule has 0 saturated carbocycles. The highest BCUT2D eigenvalue weighted by Gasteiger charge is 2.29. The lowest BCUT2D eigenvalue weighted by molar-refractivity contribution is 0.0476. The number of alkyl carbamates (subject to hydrolysis) is 1. The lowest BCUT2D eigenvalue weighted by Gasteiger charge is -2.27. The number of fused-ring (bicyclic) bond motifs is 1. The average Bonchev–Trinajstić information content (AvgIpc) is 3.10. The number of nitrogens with one attached hydrogen (secondary N) is 1. The molecule has 0 bridgehead atoms. The number of aryl methyl sites for hydroxylation is 1. The molecule has 3 heterocycles. The van der Waals surface area contributed by atoms with E-state index in [1.54, 1.807) is 83.6 Å². The van der Waals surface area contributed by atoms with Crippen molar-refractivity contribution >= 4 is 35.1 Å². The van der Waals surface area contributed by atoms with E-state index < -0.39 is 35.6 Å². The van der Waals surface area contributed by atoms with Crippen LogP contribution in [0.1, 0.15) is 65.3 Å². The van der Waals surface area contributed by atoms with Crippen molar-refractivity contribution in [3.63, 3.8) is 0 Å². The van der Waals surface area contributed by atoms with E-state index in [-0.39, 0.29) is 24.1 Å². The predicted molar refractivity (Wildman–Crippen MR) is 147 cm³/mol. The Kier molecular flexibility index (Phi) is 9.05. The normalized spacial score (nSPS) is 13.6. The Morgan fingerprint density at radius 3 is 2.31 bits per heavy atom. The molecular formula is C27H36ClFN6O4. The van der Waals surface area contributed by atoms with Crippen LogP contribution in [0.25, 0.3) is 5.52 Å². The van der Waals surface area contributed by atoms with Gasteiger partial charge in [-0.15, -0.1) is 5.10 Å². The number of aromatic nitrogens is 4. The first-order valence-electron chi connectivity index (χ1n) is 12.6. The molecule has 212 valence electrons. The summed E-state index contributed by atoms with van der Waals surface area (Å²) in [5.41, 5.74) is 1.11. The SMILES string of the molecule is Cc1c(C[C@@H](NC(=O)OC(C)(C)C)[C@H](C)F)cc2c(N(Cc3ccncc3)C(=O)OC(C)(C)C)nc(Cl)nn12. The van der Waals surface area contributed by atoms with E-state index in [2.05, 4.69) is 20.4 Å². The summed E-state index contributed by atoms with van der Waals surface area (Å²) >= 11 is 6.31. The molecule has 0 aliphatic rings. The molecule has 0 aliphatic heterocycles. The largest absolute Gasteiger partial charge is 0.444 e. The van der Waals surface area contributed by atoms with Gasteiger partial charge in [0.15, 0.2) is 5.82 Å². The number of halogens is 2. The first-order chi connectivity index (χ1) is 18.0. The first kappa shape index (κ1) is 30.1. The van der Waals surface area contributed by atoms with Gasteiger partial charge in [-0.1, -0.05) is 0 Å². The molecule has 3 aromatic rings. The quantitative estimate of drug-likeness (QED) is 0.386. The second kappa shape index (κ2) is 11.7. The van der Waals surface area contributed by atoms with E-state index in [0.29, 0.717) is 16.8 Å². The number of hydrogen-bond acceptors (Lipinski definition) is 7. The number of ether oxygens (including phenoxy) is 2. The summed E-state index contributed by atoms with van der Waals surface area (Å²) in [5, 5.41) is 6.85. The van der Waals surface area contributed by atoms with E-state index in [1.165, 1.54) is 11.8 Å². The number of alkyl halides is 1. The zero-order chi connectivity index (χ0) is 29.1. The summed E-state index contributed by atoms with van der Waals surface area (Å²) < 4.78 is 27.2. The summed E-state index contributed by atoms with van der Waals surface area (Å²) in [4.78, 5) is 35.5. The molecule has 0 radical (unpaired) electrons. The molecule has 10 nitrogen and oxygen atoms in total. The number of carbonyl (C=O) groups excluding carboxylic acids is 2. The summed E-state index contributed by atoms with van der Waals surface area (Å²) in [6, 6.07) is 4.45. The lowest BCUT2D eigenvalue weighted by atomic mass is 10.0. The van der Waals surface area contributed by atoms with Gasteiger partial charge in [-0.25, -0.2) is 18.5 Å². The van der Waals surface area contributed by atoms with Crippen LogP contribution in [0.15, 0.2) is 30.6 Å². The van der Waals surface area contributed by atoms with E-state index in [1.807, 2.05) is 0 Å². The molecule has 0 saturated heterocycles. The molecule has 0 aliphatic carbocycles. The van der Waals surface area contributed by atoms with Gasteiger partial charge in [-0.05, 0) is 103 Å². The second-order valence-electron chi connectivity index (χ2n) is 11.3. The van der Waals surface area contributed by atoms with Crippen LogP contribution < -0.4 is 10.2 Å². The third-order valence-corrected chi connectivity index (χ3v) is 5.75.